The van der Waals surface area contributed by atoms with Crippen LogP contribution in [0.5, 0.6) is 0 Å². The SMILES string of the molecule is Cl.NCCNCCCNc1cc(C(F)(F)F)cc2c1Cc1ccc(N3CC4CCC3C4)cc1S2. The van der Waals surface area contributed by atoms with Gasteiger partial charge in [-0.2, -0.15) is 13.2 Å². The fourth-order valence-electron chi connectivity index (χ4n) is 5.42. The summed E-state index contributed by atoms with van der Waals surface area (Å²) in [5.74, 6) is 0.799. The molecule has 1 saturated heterocycles. The zero-order valence-electron chi connectivity index (χ0n) is 19.1. The van der Waals surface area contributed by atoms with E-state index < -0.39 is 11.7 Å². The lowest BCUT2D eigenvalue weighted by Crippen LogP contribution is -2.31. The quantitative estimate of drug-likeness (QED) is 0.347. The predicted molar refractivity (Wildman–Crippen MR) is 136 cm³/mol. The fourth-order valence-corrected chi connectivity index (χ4v) is 6.60. The first-order valence-electron chi connectivity index (χ1n) is 11.9. The van der Waals surface area contributed by atoms with Gasteiger partial charge in [-0.05, 0) is 73.5 Å². The van der Waals surface area contributed by atoms with E-state index in [1.807, 2.05) is 0 Å². The summed E-state index contributed by atoms with van der Waals surface area (Å²) in [7, 11) is 0. The molecule has 2 unspecified atom stereocenters. The molecular formula is C25H32ClF3N4S. The molecule has 3 aliphatic rings. The Morgan fingerprint density at radius 3 is 2.62 bits per heavy atom. The van der Waals surface area contributed by atoms with Crippen LogP contribution in [0, 0.1) is 5.92 Å². The molecule has 1 saturated carbocycles. The Morgan fingerprint density at radius 1 is 1.06 bits per heavy atom. The lowest BCUT2D eigenvalue weighted by Gasteiger charge is -2.31. The van der Waals surface area contributed by atoms with Crippen molar-refractivity contribution in [1.82, 2.24) is 5.32 Å². The van der Waals surface area contributed by atoms with Gasteiger partial charge in [0.1, 0.15) is 0 Å². The molecule has 2 atom stereocenters. The molecular weight excluding hydrogens is 481 g/mol. The van der Waals surface area contributed by atoms with E-state index in [4.69, 9.17) is 5.73 Å². The van der Waals surface area contributed by atoms with E-state index in [9.17, 15) is 13.2 Å². The lowest BCUT2D eigenvalue weighted by atomic mass is 9.99. The van der Waals surface area contributed by atoms with Crippen molar-refractivity contribution in [2.45, 2.75) is 54.1 Å². The van der Waals surface area contributed by atoms with E-state index in [0.29, 0.717) is 36.1 Å². The van der Waals surface area contributed by atoms with E-state index in [-0.39, 0.29) is 12.4 Å². The Morgan fingerprint density at radius 2 is 1.91 bits per heavy atom. The van der Waals surface area contributed by atoms with Crippen LogP contribution in [0.4, 0.5) is 24.5 Å². The van der Waals surface area contributed by atoms with Crippen LogP contribution in [-0.2, 0) is 12.6 Å². The Hall–Kier alpha value is -1.61. The first-order valence-corrected chi connectivity index (χ1v) is 12.7. The number of nitrogens with zero attached hydrogens (tertiary/aromatic N) is 1. The molecule has 5 rings (SSSR count). The van der Waals surface area contributed by atoms with Crippen molar-refractivity contribution >= 4 is 35.5 Å². The van der Waals surface area contributed by atoms with Crippen LogP contribution < -0.4 is 21.3 Å². The zero-order chi connectivity index (χ0) is 23.0. The standard InChI is InChI=1S/C25H31F3N4S.ClH/c26-25(27,28)18-12-22(31-8-1-7-30-9-6-29)21-11-17-3-5-20(14-23(17)33-24(21)13-18)32-15-16-2-4-19(32)10-16;/h3,5,12-14,16,19,30-31H,1-2,4,6-11,15,29H2;1H. The number of nitrogens with two attached hydrogens (primary N) is 1. The van der Waals surface area contributed by atoms with Gasteiger partial charge in [-0.1, -0.05) is 17.8 Å². The highest BCUT2D eigenvalue weighted by molar-refractivity contribution is 7.99. The molecule has 1 aliphatic carbocycles. The summed E-state index contributed by atoms with van der Waals surface area (Å²) in [4.78, 5) is 4.29. The first kappa shape index (κ1) is 25.5. The van der Waals surface area contributed by atoms with Crippen LogP contribution in [-0.4, -0.2) is 38.8 Å². The molecule has 0 aromatic heterocycles. The predicted octanol–water partition coefficient (Wildman–Crippen LogP) is 5.52. The van der Waals surface area contributed by atoms with Gasteiger partial charge in [-0.25, -0.2) is 0 Å². The number of nitrogens with one attached hydrogen (secondary N) is 2. The molecule has 2 bridgehead atoms. The molecule has 0 radical (unpaired) electrons. The Labute approximate surface area is 209 Å². The molecule has 4 N–H and O–H groups in total. The maximum Gasteiger partial charge on any atom is 0.416 e. The number of anilines is 2. The Balaban J connectivity index is 0.00000274. The van der Waals surface area contributed by atoms with Crippen LogP contribution in [0.15, 0.2) is 40.1 Å². The summed E-state index contributed by atoms with van der Waals surface area (Å²) < 4.78 is 41.0. The summed E-state index contributed by atoms with van der Waals surface area (Å²) in [5.41, 5.74) is 8.85. The number of halogens is 4. The third-order valence-corrected chi connectivity index (χ3v) is 8.27. The largest absolute Gasteiger partial charge is 0.416 e. The average molecular weight is 513 g/mol. The molecule has 2 aromatic rings. The van der Waals surface area contributed by atoms with Gasteiger partial charge in [0.2, 0.25) is 0 Å². The van der Waals surface area contributed by atoms with Crippen molar-refractivity contribution in [3.63, 3.8) is 0 Å². The summed E-state index contributed by atoms with van der Waals surface area (Å²) in [5, 5.41) is 6.49. The minimum Gasteiger partial charge on any atom is -0.385 e. The van der Waals surface area contributed by atoms with Gasteiger partial charge in [-0.15, -0.1) is 12.4 Å². The Kier molecular flexibility index (Phi) is 7.92. The molecule has 0 spiro atoms. The van der Waals surface area contributed by atoms with E-state index in [0.717, 1.165) is 42.4 Å². The highest BCUT2D eigenvalue weighted by Gasteiger charge is 2.38. The number of piperidine rings is 1. The smallest absolute Gasteiger partial charge is 0.385 e. The van der Waals surface area contributed by atoms with Crippen LogP contribution >= 0.6 is 24.2 Å². The summed E-state index contributed by atoms with van der Waals surface area (Å²) in [6, 6.07) is 9.78. The maximum atomic E-state index is 13.7. The normalized spacial score (nSPS) is 20.6. The second-order valence-corrected chi connectivity index (χ2v) is 10.5. The zero-order valence-corrected chi connectivity index (χ0v) is 20.7. The molecule has 2 aliphatic heterocycles. The highest BCUT2D eigenvalue weighted by Crippen LogP contribution is 2.47. The topological polar surface area (TPSA) is 53.3 Å². The van der Waals surface area contributed by atoms with Crippen molar-refractivity contribution < 1.29 is 13.2 Å². The number of benzene rings is 2. The van der Waals surface area contributed by atoms with Gasteiger partial charge in [0.25, 0.3) is 0 Å². The second kappa shape index (κ2) is 10.6. The van der Waals surface area contributed by atoms with E-state index in [1.165, 1.54) is 54.4 Å². The maximum absolute atomic E-state index is 13.7. The molecule has 186 valence electrons. The third kappa shape index (κ3) is 5.30. The van der Waals surface area contributed by atoms with Gasteiger partial charge in [0, 0.05) is 59.8 Å². The van der Waals surface area contributed by atoms with Gasteiger partial charge >= 0.3 is 6.18 Å². The van der Waals surface area contributed by atoms with Crippen LogP contribution in [0.1, 0.15) is 42.4 Å². The molecule has 2 heterocycles. The molecule has 0 amide bonds. The second-order valence-electron chi connectivity index (χ2n) is 9.37. The van der Waals surface area contributed by atoms with Gasteiger partial charge in [0.15, 0.2) is 0 Å². The van der Waals surface area contributed by atoms with Crippen molar-refractivity contribution in [3.05, 3.63) is 47.0 Å². The van der Waals surface area contributed by atoms with Crippen LogP contribution in [0.3, 0.4) is 0 Å². The van der Waals surface area contributed by atoms with Crippen LogP contribution in [0.2, 0.25) is 0 Å². The molecule has 4 nitrogen and oxygen atoms in total. The van der Waals surface area contributed by atoms with Crippen molar-refractivity contribution in [1.29, 1.82) is 0 Å². The summed E-state index contributed by atoms with van der Waals surface area (Å²) in [6.07, 6.45) is 0.952. The van der Waals surface area contributed by atoms with E-state index >= 15 is 0 Å². The summed E-state index contributed by atoms with van der Waals surface area (Å²) >= 11 is 1.48. The minimum absolute atomic E-state index is 0. The fraction of sp³-hybridized carbons (Fsp3) is 0.520. The van der Waals surface area contributed by atoms with Gasteiger partial charge in [-0.3, -0.25) is 0 Å². The number of rotatable bonds is 8. The third-order valence-electron chi connectivity index (χ3n) is 7.08. The number of alkyl halides is 3. The van der Waals surface area contributed by atoms with Crippen molar-refractivity contribution in [2.24, 2.45) is 11.7 Å². The highest BCUT2D eigenvalue weighted by atomic mass is 35.5. The molecule has 2 fully saturated rings. The molecule has 9 heteroatoms. The number of fused-ring (bicyclic) bond motifs is 4. The van der Waals surface area contributed by atoms with Crippen LogP contribution in [0.25, 0.3) is 0 Å². The number of hydrogen-bond donors (Lipinski definition) is 3. The summed E-state index contributed by atoms with van der Waals surface area (Å²) in [6.45, 7) is 3.82. The first-order chi connectivity index (χ1) is 15.9. The Bertz CT molecular complexity index is 1020. The minimum atomic E-state index is -4.37. The number of hydrogen-bond acceptors (Lipinski definition) is 5. The average Bonchev–Trinajstić information content (AvgIpc) is 3.43. The molecule has 2 aromatic carbocycles. The van der Waals surface area contributed by atoms with Crippen molar-refractivity contribution in [3.8, 4) is 0 Å². The monoisotopic (exact) mass is 512 g/mol. The molecule has 34 heavy (non-hydrogen) atoms. The van der Waals surface area contributed by atoms with E-state index in [2.05, 4.69) is 33.7 Å². The van der Waals surface area contributed by atoms with Gasteiger partial charge < -0.3 is 21.3 Å². The van der Waals surface area contributed by atoms with E-state index in [1.54, 1.807) is 0 Å². The van der Waals surface area contributed by atoms with Crippen molar-refractivity contribution in [2.75, 3.05) is 42.9 Å². The van der Waals surface area contributed by atoms with Gasteiger partial charge in [0.05, 0.1) is 5.56 Å². The lowest BCUT2D eigenvalue weighted by molar-refractivity contribution is -0.137.